The molecule has 3 nitrogen and oxygen atoms in total. The van der Waals surface area contributed by atoms with Crippen molar-refractivity contribution in [3.63, 3.8) is 0 Å². The molecule has 0 saturated heterocycles. The molecule has 0 aliphatic carbocycles. The Hall–Kier alpha value is -2.60. The van der Waals surface area contributed by atoms with Crippen LogP contribution in [0.1, 0.15) is 36.7 Å². The van der Waals surface area contributed by atoms with E-state index in [4.69, 9.17) is 5.26 Å². The molecule has 0 spiro atoms. The summed E-state index contributed by atoms with van der Waals surface area (Å²) in [5.41, 5.74) is 4.05. The van der Waals surface area contributed by atoms with Crippen LogP contribution < -0.4 is 0 Å². The van der Waals surface area contributed by atoms with Crippen molar-refractivity contribution >= 4 is 27.6 Å². The quantitative estimate of drug-likeness (QED) is 0.655. The number of carbonyl (C=O) groups is 1. The predicted molar refractivity (Wildman–Crippen MR) is 93.6 cm³/mol. The second-order valence-electron chi connectivity index (χ2n) is 6.18. The summed E-state index contributed by atoms with van der Waals surface area (Å²) in [7, 11) is 0. The van der Waals surface area contributed by atoms with Gasteiger partial charge in [-0.1, -0.05) is 19.9 Å². The van der Waals surface area contributed by atoms with Crippen molar-refractivity contribution in [3.8, 4) is 6.07 Å². The van der Waals surface area contributed by atoms with E-state index >= 15 is 0 Å². The highest BCUT2D eigenvalue weighted by molar-refractivity contribution is 6.11. The van der Waals surface area contributed by atoms with E-state index in [-0.39, 0.29) is 11.7 Å². The third-order valence-electron chi connectivity index (χ3n) is 4.34. The van der Waals surface area contributed by atoms with E-state index in [0.29, 0.717) is 6.42 Å². The summed E-state index contributed by atoms with van der Waals surface area (Å²) >= 11 is 0. The SMILES string of the molecule is CCn1c2ccc(CC#N)cc2c2cc(C(=O)C(C)C)ccc21. The summed E-state index contributed by atoms with van der Waals surface area (Å²) in [6, 6.07) is 14.3. The van der Waals surface area contributed by atoms with Crippen molar-refractivity contribution < 1.29 is 4.79 Å². The van der Waals surface area contributed by atoms with E-state index in [1.54, 1.807) is 0 Å². The first kappa shape index (κ1) is 15.3. The first-order valence-corrected chi connectivity index (χ1v) is 8.02. The van der Waals surface area contributed by atoms with Crippen LogP contribution in [0.3, 0.4) is 0 Å². The van der Waals surface area contributed by atoms with E-state index in [0.717, 1.165) is 39.5 Å². The van der Waals surface area contributed by atoms with Gasteiger partial charge in [-0.25, -0.2) is 0 Å². The molecule has 2 aromatic carbocycles. The topological polar surface area (TPSA) is 45.8 Å². The van der Waals surface area contributed by atoms with Crippen LogP contribution in [0.15, 0.2) is 36.4 Å². The Morgan fingerprint density at radius 3 is 2.39 bits per heavy atom. The van der Waals surface area contributed by atoms with Gasteiger partial charge in [-0.2, -0.15) is 5.26 Å². The third-order valence-corrected chi connectivity index (χ3v) is 4.34. The first-order valence-electron chi connectivity index (χ1n) is 8.02. The van der Waals surface area contributed by atoms with E-state index in [1.807, 2.05) is 38.1 Å². The fourth-order valence-electron chi connectivity index (χ4n) is 3.18. The summed E-state index contributed by atoms with van der Waals surface area (Å²) in [6.45, 7) is 6.84. The van der Waals surface area contributed by atoms with Crippen LogP contribution in [0.4, 0.5) is 0 Å². The molecular formula is C20H20N2O. The molecule has 0 bridgehead atoms. The molecule has 0 radical (unpaired) electrons. The van der Waals surface area contributed by atoms with Crippen LogP contribution in [0.5, 0.6) is 0 Å². The summed E-state index contributed by atoms with van der Waals surface area (Å²) in [6.07, 6.45) is 0.402. The van der Waals surface area contributed by atoms with Gasteiger partial charge >= 0.3 is 0 Å². The van der Waals surface area contributed by atoms with Gasteiger partial charge in [0.25, 0.3) is 0 Å². The molecule has 0 unspecified atom stereocenters. The van der Waals surface area contributed by atoms with E-state index in [1.165, 1.54) is 0 Å². The van der Waals surface area contributed by atoms with Crippen molar-refractivity contribution in [2.24, 2.45) is 5.92 Å². The number of rotatable bonds is 4. The lowest BCUT2D eigenvalue weighted by molar-refractivity contribution is 0.0939. The number of carbonyl (C=O) groups excluding carboxylic acids is 1. The number of nitriles is 1. The van der Waals surface area contributed by atoms with Gasteiger partial charge in [0.05, 0.1) is 12.5 Å². The molecule has 0 fully saturated rings. The zero-order valence-corrected chi connectivity index (χ0v) is 13.8. The number of nitrogens with zero attached hydrogens (tertiary/aromatic N) is 2. The van der Waals surface area contributed by atoms with Gasteiger partial charge in [0.2, 0.25) is 0 Å². The second-order valence-corrected chi connectivity index (χ2v) is 6.18. The summed E-state index contributed by atoms with van der Waals surface area (Å²) in [4.78, 5) is 12.3. The molecule has 23 heavy (non-hydrogen) atoms. The van der Waals surface area contributed by atoms with E-state index in [2.05, 4.69) is 29.7 Å². The first-order chi connectivity index (χ1) is 11.1. The summed E-state index contributed by atoms with van der Waals surface area (Å²) in [5.74, 6) is 0.151. The van der Waals surface area contributed by atoms with Crippen LogP contribution in [-0.4, -0.2) is 10.4 Å². The molecule has 1 heterocycles. The Morgan fingerprint density at radius 1 is 1.13 bits per heavy atom. The number of aryl methyl sites for hydroxylation is 1. The molecule has 0 amide bonds. The number of hydrogen-bond donors (Lipinski definition) is 0. The largest absolute Gasteiger partial charge is 0.341 e. The van der Waals surface area contributed by atoms with Crippen LogP contribution in [0.25, 0.3) is 21.8 Å². The lowest BCUT2D eigenvalue weighted by Crippen LogP contribution is -2.07. The maximum atomic E-state index is 12.3. The molecule has 0 atom stereocenters. The van der Waals surface area contributed by atoms with Crippen molar-refractivity contribution in [2.75, 3.05) is 0 Å². The molecular weight excluding hydrogens is 284 g/mol. The summed E-state index contributed by atoms with van der Waals surface area (Å²) in [5, 5.41) is 11.1. The molecule has 0 aliphatic rings. The molecule has 0 N–H and O–H groups in total. The minimum Gasteiger partial charge on any atom is -0.341 e. The average Bonchev–Trinajstić information content (AvgIpc) is 2.86. The van der Waals surface area contributed by atoms with Gasteiger partial charge in [0, 0.05) is 39.8 Å². The van der Waals surface area contributed by atoms with Gasteiger partial charge in [-0.05, 0) is 42.8 Å². The molecule has 0 saturated carbocycles. The van der Waals surface area contributed by atoms with Crippen LogP contribution in [-0.2, 0) is 13.0 Å². The monoisotopic (exact) mass is 304 g/mol. The minimum absolute atomic E-state index is 0.0128. The second kappa shape index (κ2) is 5.89. The lowest BCUT2D eigenvalue weighted by atomic mass is 9.99. The number of benzene rings is 2. The molecule has 0 aliphatic heterocycles. The Balaban J connectivity index is 2.32. The zero-order valence-electron chi connectivity index (χ0n) is 13.8. The number of aromatic nitrogens is 1. The standard InChI is InChI=1S/C20H20N2O/c1-4-22-18-7-5-14(9-10-21)11-16(18)17-12-15(6-8-19(17)22)20(23)13(2)3/h5-8,11-13H,4,9H2,1-3H3. The maximum absolute atomic E-state index is 12.3. The number of ketones is 1. The van der Waals surface area contributed by atoms with E-state index in [9.17, 15) is 4.79 Å². The van der Waals surface area contributed by atoms with Crippen molar-refractivity contribution in [2.45, 2.75) is 33.7 Å². The highest BCUT2D eigenvalue weighted by Gasteiger charge is 2.15. The average molecular weight is 304 g/mol. The Bertz CT molecular complexity index is 942. The Kier molecular flexibility index (Phi) is 3.92. The number of Topliss-reactive ketones (excluding diaryl/α,β-unsaturated/α-hetero) is 1. The molecule has 3 rings (SSSR count). The summed E-state index contributed by atoms with van der Waals surface area (Å²) < 4.78 is 2.25. The van der Waals surface area contributed by atoms with Crippen molar-refractivity contribution in [1.29, 1.82) is 5.26 Å². The fourth-order valence-corrected chi connectivity index (χ4v) is 3.18. The van der Waals surface area contributed by atoms with Crippen molar-refractivity contribution in [1.82, 2.24) is 4.57 Å². The van der Waals surface area contributed by atoms with Crippen LogP contribution >= 0.6 is 0 Å². The van der Waals surface area contributed by atoms with E-state index < -0.39 is 0 Å². The number of hydrogen-bond acceptors (Lipinski definition) is 2. The third kappa shape index (κ3) is 2.51. The zero-order chi connectivity index (χ0) is 16.6. The highest BCUT2D eigenvalue weighted by Crippen LogP contribution is 2.31. The maximum Gasteiger partial charge on any atom is 0.165 e. The number of fused-ring (bicyclic) bond motifs is 3. The normalized spacial score (nSPS) is 11.3. The minimum atomic E-state index is -0.0128. The van der Waals surface area contributed by atoms with Crippen molar-refractivity contribution in [3.05, 3.63) is 47.5 Å². The van der Waals surface area contributed by atoms with Gasteiger partial charge in [0.1, 0.15) is 0 Å². The Labute approximate surface area is 136 Å². The molecule has 116 valence electrons. The Morgan fingerprint density at radius 2 is 1.78 bits per heavy atom. The highest BCUT2D eigenvalue weighted by atomic mass is 16.1. The molecule has 1 aromatic heterocycles. The fraction of sp³-hybridized carbons (Fsp3) is 0.300. The van der Waals surface area contributed by atoms with Crippen LogP contribution in [0, 0.1) is 17.2 Å². The smallest absolute Gasteiger partial charge is 0.165 e. The van der Waals surface area contributed by atoms with Gasteiger partial charge in [0.15, 0.2) is 5.78 Å². The molecule has 3 aromatic rings. The van der Waals surface area contributed by atoms with Crippen LogP contribution in [0.2, 0.25) is 0 Å². The predicted octanol–water partition coefficient (Wildman–Crippen LogP) is 4.72. The van der Waals surface area contributed by atoms with Gasteiger partial charge < -0.3 is 4.57 Å². The molecule has 3 heteroatoms. The van der Waals surface area contributed by atoms with Gasteiger partial charge in [-0.3, -0.25) is 4.79 Å². The lowest BCUT2D eigenvalue weighted by Gasteiger charge is -2.05. The van der Waals surface area contributed by atoms with Gasteiger partial charge in [-0.15, -0.1) is 0 Å².